The molecular formula is C18H19ClFN3O2. The topological polar surface area (TPSA) is 45.7 Å². The normalized spacial score (nSPS) is 15.2. The van der Waals surface area contributed by atoms with Crippen LogP contribution in [-0.2, 0) is 6.54 Å². The molecule has 0 radical (unpaired) electrons. The lowest BCUT2D eigenvalue weighted by Crippen LogP contribution is -2.48. The van der Waals surface area contributed by atoms with Gasteiger partial charge in [-0.05, 0) is 29.8 Å². The Bertz CT molecular complexity index is 764. The molecule has 1 fully saturated rings. The van der Waals surface area contributed by atoms with Gasteiger partial charge in [-0.1, -0.05) is 17.7 Å². The number of piperazine rings is 1. The first-order chi connectivity index (χ1) is 12.1. The molecule has 1 aromatic heterocycles. The van der Waals surface area contributed by atoms with Crippen molar-refractivity contribution in [2.75, 3.05) is 33.3 Å². The fourth-order valence-corrected chi connectivity index (χ4v) is 3.11. The number of carbonyl (C=O) groups excluding carboxylic acids is 1. The summed E-state index contributed by atoms with van der Waals surface area (Å²) in [5.74, 6) is -0.0768. The third-order valence-electron chi connectivity index (χ3n) is 4.26. The molecule has 1 aromatic carbocycles. The maximum absolute atomic E-state index is 13.1. The zero-order chi connectivity index (χ0) is 17.8. The van der Waals surface area contributed by atoms with Crippen molar-refractivity contribution in [2.24, 2.45) is 0 Å². The Hall–Kier alpha value is -2.18. The molecule has 1 aliphatic heterocycles. The van der Waals surface area contributed by atoms with E-state index in [4.69, 9.17) is 16.3 Å². The molecule has 1 aliphatic rings. The van der Waals surface area contributed by atoms with E-state index in [1.807, 2.05) is 0 Å². The summed E-state index contributed by atoms with van der Waals surface area (Å²) < 4.78 is 18.3. The molecule has 0 spiro atoms. The maximum Gasteiger partial charge on any atom is 0.259 e. The second-order valence-electron chi connectivity index (χ2n) is 5.86. The first kappa shape index (κ1) is 17.6. The van der Waals surface area contributed by atoms with E-state index < -0.39 is 0 Å². The summed E-state index contributed by atoms with van der Waals surface area (Å²) in [7, 11) is 1.50. The molecule has 2 aromatic rings. The van der Waals surface area contributed by atoms with E-state index in [9.17, 15) is 9.18 Å². The summed E-state index contributed by atoms with van der Waals surface area (Å²) in [6, 6.07) is 7.89. The fraction of sp³-hybridized carbons (Fsp3) is 0.333. The number of nitrogens with zero attached hydrogens (tertiary/aromatic N) is 3. The fourth-order valence-electron chi connectivity index (χ4n) is 2.89. The zero-order valence-corrected chi connectivity index (χ0v) is 14.7. The highest BCUT2D eigenvalue weighted by Gasteiger charge is 2.24. The minimum Gasteiger partial charge on any atom is -0.480 e. The number of amides is 1. The van der Waals surface area contributed by atoms with Gasteiger partial charge in [0.1, 0.15) is 11.4 Å². The highest BCUT2D eigenvalue weighted by molar-refractivity contribution is 6.31. The van der Waals surface area contributed by atoms with Crippen LogP contribution in [0.4, 0.5) is 4.39 Å². The van der Waals surface area contributed by atoms with Crippen LogP contribution >= 0.6 is 11.6 Å². The lowest BCUT2D eigenvalue weighted by molar-refractivity contribution is 0.0624. The van der Waals surface area contributed by atoms with Crippen LogP contribution in [0.3, 0.4) is 0 Å². The Balaban J connectivity index is 1.61. The number of carbonyl (C=O) groups is 1. The van der Waals surface area contributed by atoms with Gasteiger partial charge in [0.05, 0.1) is 7.11 Å². The molecule has 5 nitrogen and oxygen atoms in total. The number of hydrogen-bond donors (Lipinski definition) is 0. The van der Waals surface area contributed by atoms with Crippen molar-refractivity contribution >= 4 is 17.5 Å². The molecule has 0 unspecified atom stereocenters. The molecule has 2 heterocycles. The molecule has 132 valence electrons. The Morgan fingerprint density at radius 1 is 1.28 bits per heavy atom. The zero-order valence-electron chi connectivity index (χ0n) is 13.9. The highest BCUT2D eigenvalue weighted by Crippen LogP contribution is 2.21. The number of rotatable bonds is 4. The number of ether oxygens (including phenoxy) is 1. The molecule has 0 atom stereocenters. The minimum absolute atomic E-state index is 0.0792. The van der Waals surface area contributed by atoms with Crippen molar-refractivity contribution in [3.05, 3.63) is 58.5 Å². The molecule has 0 aliphatic carbocycles. The summed E-state index contributed by atoms with van der Waals surface area (Å²) >= 11 is 6.09. The molecule has 0 saturated carbocycles. The second-order valence-corrected chi connectivity index (χ2v) is 6.27. The number of methoxy groups -OCH3 is 1. The van der Waals surface area contributed by atoms with Gasteiger partial charge in [-0.15, -0.1) is 0 Å². The number of hydrogen-bond acceptors (Lipinski definition) is 4. The molecule has 0 N–H and O–H groups in total. The molecule has 7 heteroatoms. The van der Waals surface area contributed by atoms with Gasteiger partial charge in [0.15, 0.2) is 0 Å². The van der Waals surface area contributed by atoms with Gasteiger partial charge in [0, 0.05) is 43.9 Å². The van der Waals surface area contributed by atoms with E-state index in [2.05, 4.69) is 9.88 Å². The lowest BCUT2D eigenvalue weighted by atomic mass is 10.1. The average molecular weight is 364 g/mol. The van der Waals surface area contributed by atoms with Gasteiger partial charge in [-0.25, -0.2) is 9.37 Å². The predicted molar refractivity (Wildman–Crippen MR) is 93.4 cm³/mol. The quantitative estimate of drug-likeness (QED) is 0.838. The average Bonchev–Trinajstić information content (AvgIpc) is 2.64. The highest BCUT2D eigenvalue weighted by atomic mass is 35.5. The van der Waals surface area contributed by atoms with Crippen LogP contribution in [0, 0.1) is 5.82 Å². The number of halogens is 2. The van der Waals surface area contributed by atoms with Crippen molar-refractivity contribution < 1.29 is 13.9 Å². The second kappa shape index (κ2) is 7.80. The van der Waals surface area contributed by atoms with Crippen LogP contribution in [0.1, 0.15) is 15.9 Å². The van der Waals surface area contributed by atoms with Crippen LogP contribution in [0.2, 0.25) is 5.02 Å². The van der Waals surface area contributed by atoms with Gasteiger partial charge in [0.25, 0.3) is 5.91 Å². The van der Waals surface area contributed by atoms with Gasteiger partial charge in [-0.3, -0.25) is 9.69 Å². The molecule has 0 bridgehead atoms. The Kier molecular flexibility index (Phi) is 5.50. The summed E-state index contributed by atoms with van der Waals surface area (Å²) in [5.41, 5.74) is 1.36. The Labute approximate surface area is 151 Å². The van der Waals surface area contributed by atoms with Crippen molar-refractivity contribution in [1.29, 1.82) is 0 Å². The van der Waals surface area contributed by atoms with Gasteiger partial charge < -0.3 is 9.64 Å². The maximum atomic E-state index is 13.1. The van der Waals surface area contributed by atoms with Crippen LogP contribution in [-0.4, -0.2) is 54.0 Å². The van der Waals surface area contributed by atoms with Gasteiger partial charge in [-0.2, -0.15) is 0 Å². The number of benzene rings is 1. The minimum atomic E-state index is -0.338. The van der Waals surface area contributed by atoms with E-state index in [0.717, 1.165) is 18.7 Å². The first-order valence-corrected chi connectivity index (χ1v) is 8.41. The van der Waals surface area contributed by atoms with Crippen molar-refractivity contribution in [1.82, 2.24) is 14.8 Å². The molecule has 1 amide bonds. The van der Waals surface area contributed by atoms with Gasteiger partial charge in [0.2, 0.25) is 5.88 Å². The van der Waals surface area contributed by atoms with E-state index in [0.29, 0.717) is 36.1 Å². The van der Waals surface area contributed by atoms with Crippen molar-refractivity contribution in [3.63, 3.8) is 0 Å². The van der Waals surface area contributed by atoms with Crippen molar-refractivity contribution in [3.8, 4) is 5.88 Å². The SMILES string of the molecule is COc1ncccc1C(=O)N1CCN(Cc2ccc(F)cc2Cl)CC1. The van der Waals surface area contributed by atoms with Crippen LogP contribution < -0.4 is 4.74 Å². The van der Waals surface area contributed by atoms with E-state index in [1.54, 1.807) is 29.3 Å². The number of pyridine rings is 1. The summed E-state index contributed by atoms with van der Waals surface area (Å²) in [6.45, 7) is 3.30. The van der Waals surface area contributed by atoms with Crippen LogP contribution in [0.25, 0.3) is 0 Å². The summed E-state index contributed by atoms with van der Waals surface area (Å²) in [4.78, 5) is 20.7. The molecule has 3 rings (SSSR count). The van der Waals surface area contributed by atoms with E-state index in [-0.39, 0.29) is 11.7 Å². The molecule has 25 heavy (non-hydrogen) atoms. The largest absolute Gasteiger partial charge is 0.480 e. The Morgan fingerprint density at radius 2 is 2.04 bits per heavy atom. The Morgan fingerprint density at radius 3 is 2.72 bits per heavy atom. The van der Waals surface area contributed by atoms with Gasteiger partial charge >= 0.3 is 0 Å². The lowest BCUT2D eigenvalue weighted by Gasteiger charge is -2.35. The molecule has 1 saturated heterocycles. The van der Waals surface area contributed by atoms with Crippen LogP contribution in [0.5, 0.6) is 5.88 Å². The van der Waals surface area contributed by atoms with Crippen LogP contribution in [0.15, 0.2) is 36.5 Å². The third kappa shape index (κ3) is 4.08. The monoisotopic (exact) mass is 363 g/mol. The summed E-state index contributed by atoms with van der Waals surface area (Å²) in [6.07, 6.45) is 1.60. The van der Waals surface area contributed by atoms with Crippen molar-refractivity contribution in [2.45, 2.75) is 6.54 Å². The first-order valence-electron chi connectivity index (χ1n) is 8.03. The summed E-state index contributed by atoms with van der Waals surface area (Å²) in [5, 5.41) is 0.429. The van der Waals surface area contributed by atoms with E-state index >= 15 is 0 Å². The predicted octanol–water partition coefficient (Wildman–Crippen LogP) is 2.84. The smallest absolute Gasteiger partial charge is 0.259 e. The standard InChI is InChI=1S/C18H19ClFN3O2/c1-25-17-15(3-2-6-21-17)18(24)23-9-7-22(8-10-23)12-13-4-5-14(20)11-16(13)19/h2-6,11H,7-10,12H2,1H3. The third-order valence-corrected chi connectivity index (χ3v) is 4.62. The number of aromatic nitrogens is 1. The molecular weight excluding hydrogens is 345 g/mol. The van der Waals surface area contributed by atoms with E-state index in [1.165, 1.54) is 19.2 Å².